The summed E-state index contributed by atoms with van der Waals surface area (Å²) >= 11 is 18.3. The van der Waals surface area contributed by atoms with Crippen molar-refractivity contribution in [3.8, 4) is 28.2 Å². The Balaban J connectivity index is 1.73. The third-order valence-electron chi connectivity index (χ3n) is 4.08. The molecule has 0 spiro atoms. The number of hydrogen-bond acceptors (Lipinski definition) is 2. The zero-order valence-electron chi connectivity index (χ0n) is 13.8. The summed E-state index contributed by atoms with van der Waals surface area (Å²) in [6.07, 6.45) is 0. The third kappa shape index (κ3) is 3.52. The molecule has 1 heterocycles. The summed E-state index contributed by atoms with van der Waals surface area (Å²) in [6.45, 7) is 0. The minimum atomic E-state index is -0.441. The van der Waals surface area contributed by atoms with Gasteiger partial charge in [-0.05, 0) is 23.3 Å². The van der Waals surface area contributed by atoms with E-state index in [-0.39, 0.29) is 15.7 Å². The summed E-state index contributed by atoms with van der Waals surface area (Å²) in [7, 11) is 0. The maximum absolute atomic E-state index is 12.4. The molecule has 0 amide bonds. The molecule has 1 aromatic heterocycles. The van der Waals surface area contributed by atoms with Crippen LogP contribution >= 0.6 is 34.8 Å². The summed E-state index contributed by atoms with van der Waals surface area (Å²) in [5.41, 5.74) is 2.80. The first-order valence-electron chi connectivity index (χ1n) is 8.03. The van der Waals surface area contributed by atoms with Gasteiger partial charge in [-0.2, -0.15) is 4.68 Å². The molecular formula is C20H12Cl3N3O. The van der Waals surface area contributed by atoms with Crippen LogP contribution in [0.3, 0.4) is 0 Å². The minimum Gasteiger partial charge on any atom is -0.288 e. The Bertz CT molecular complexity index is 1140. The monoisotopic (exact) mass is 415 g/mol. The van der Waals surface area contributed by atoms with E-state index in [0.29, 0.717) is 10.8 Å². The van der Waals surface area contributed by atoms with E-state index < -0.39 is 5.69 Å². The van der Waals surface area contributed by atoms with Gasteiger partial charge >= 0.3 is 5.69 Å². The van der Waals surface area contributed by atoms with Crippen LogP contribution in [0.15, 0.2) is 71.5 Å². The van der Waals surface area contributed by atoms with Crippen molar-refractivity contribution in [2.24, 2.45) is 0 Å². The van der Waals surface area contributed by atoms with Gasteiger partial charge in [-0.1, -0.05) is 89.4 Å². The van der Waals surface area contributed by atoms with Crippen molar-refractivity contribution in [1.29, 1.82) is 0 Å². The van der Waals surface area contributed by atoms with Crippen molar-refractivity contribution in [3.05, 3.63) is 92.3 Å². The highest BCUT2D eigenvalue weighted by atomic mass is 35.5. The Labute approximate surface area is 170 Å². The average molecular weight is 417 g/mol. The van der Waals surface area contributed by atoms with Crippen molar-refractivity contribution >= 4 is 34.8 Å². The summed E-state index contributed by atoms with van der Waals surface area (Å²) in [6, 6.07) is 20.8. The fraction of sp³-hybridized carbons (Fsp3) is 0. The molecule has 0 aliphatic heterocycles. The number of rotatable bonds is 3. The van der Waals surface area contributed by atoms with Crippen LogP contribution in [0.1, 0.15) is 0 Å². The van der Waals surface area contributed by atoms with Gasteiger partial charge < -0.3 is 0 Å². The number of nitrogens with zero attached hydrogens (tertiary/aromatic N) is 2. The molecule has 4 aromatic rings. The standard InChI is InChI=1S/C20H12Cl3N3O/c21-15-10-16(22)18(17(23)11-15)26-20(27)24-19(25-26)14-8-6-13(7-9-14)12-4-2-1-3-5-12/h1-11H,(H,24,25,27). The Kier molecular flexibility index (Phi) is 4.79. The number of aromatic amines is 1. The number of nitrogens with one attached hydrogen (secondary N) is 1. The lowest BCUT2D eigenvalue weighted by Crippen LogP contribution is -2.16. The topological polar surface area (TPSA) is 50.7 Å². The highest BCUT2D eigenvalue weighted by molar-refractivity contribution is 6.40. The van der Waals surface area contributed by atoms with Crippen LogP contribution in [-0.4, -0.2) is 14.8 Å². The van der Waals surface area contributed by atoms with Crippen LogP contribution in [-0.2, 0) is 0 Å². The van der Waals surface area contributed by atoms with Crippen LogP contribution in [0.5, 0.6) is 0 Å². The molecule has 0 radical (unpaired) electrons. The van der Waals surface area contributed by atoms with Crippen LogP contribution in [0.4, 0.5) is 0 Å². The second-order valence-corrected chi connectivity index (χ2v) is 7.10. The Morgan fingerprint density at radius 1 is 0.778 bits per heavy atom. The van der Waals surface area contributed by atoms with Gasteiger partial charge in [-0.25, -0.2) is 4.79 Å². The normalized spacial score (nSPS) is 10.9. The zero-order chi connectivity index (χ0) is 19.0. The maximum atomic E-state index is 12.4. The van der Waals surface area contributed by atoms with Crippen molar-refractivity contribution in [2.75, 3.05) is 0 Å². The molecule has 4 nitrogen and oxygen atoms in total. The SMILES string of the molecule is O=c1[nH]c(-c2ccc(-c3ccccc3)cc2)nn1-c1c(Cl)cc(Cl)cc1Cl. The molecule has 0 aliphatic carbocycles. The molecule has 0 saturated heterocycles. The maximum Gasteiger partial charge on any atom is 0.348 e. The predicted octanol–water partition coefficient (Wildman–Crippen LogP) is 5.85. The molecular weight excluding hydrogens is 405 g/mol. The first-order chi connectivity index (χ1) is 13.0. The second-order valence-electron chi connectivity index (χ2n) is 5.85. The molecule has 0 fully saturated rings. The van der Waals surface area contributed by atoms with Gasteiger partial charge in [0.15, 0.2) is 5.82 Å². The number of aromatic nitrogens is 3. The Hall–Kier alpha value is -2.53. The predicted molar refractivity (Wildman–Crippen MR) is 110 cm³/mol. The van der Waals surface area contributed by atoms with Gasteiger partial charge in [0.25, 0.3) is 0 Å². The summed E-state index contributed by atoms with van der Waals surface area (Å²) < 4.78 is 1.14. The quantitative estimate of drug-likeness (QED) is 0.455. The van der Waals surface area contributed by atoms with Gasteiger partial charge in [0, 0.05) is 10.6 Å². The number of hydrogen-bond donors (Lipinski definition) is 1. The molecule has 0 aliphatic rings. The minimum absolute atomic E-state index is 0.243. The van der Waals surface area contributed by atoms with Gasteiger partial charge in [0.1, 0.15) is 5.69 Å². The van der Waals surface area contributed by atoms with E-state index >= 15 is 0 Å². The molecule has 134 valence electrons. The Morgan fingerprint density at radius 3 is 1.96 bits per heavy atom. The van der Waals surface area contributed by atoms with Crippen molar-refractivity contribution in [2.45, 2.75) is 0 Å². The van der Waals surface area contributed by atoms with Crippen LogP contribution in [0.2, 0.25) is 15.1 Å². The molecule has 0 atom stereocenters. The van der Waals surface area contributed by atoms with Crippen molar-refractivity contribution in [3.63, 3.8) is 0 Å². The van der Waals surface area contributed by atoms with Gasteiger partial charge in [-0.15, -0.1) is 5.10 Å². The van der Waals surface area contributed by atoms with E-state index in [1.807, 2.05) is 54.6 Å². The summed E-state index contributed by atoms with van der Waals surface area (Å²) in [4.78, 5) is 15.1. The lowest BCUT2D eigenvalue weighted by molar-refractivity contribution is 0.845. The fourth-order valence-electron chi connectivity index (χ4n) is 2.79. The lowest BCUT2D eigenvalue weighted by atomic mass is 10.0. The number of halogens is 3. The van der Waals surface area contributed by atoms with E-state index in [1.54, 1.807) is 0 Å². The zero-order valence-corrected chi connectivity index (χ0v) is 16.1. The smallest absolute Gasteiger partial charge is 0.288 e. The molecule has 1 N–H and O–H groups in total. The highest BCUT2D eigenvalue weighted by Gasteiger charge is 2.16. The van der Waals surface area contributed by atoms with Crippen LogP contribution in [0, 0.1) is 0 Å². The van der Waals surface area contributed by atoms with E-state index in [1.165, 1.54) is 12.1 Å². The molecule has 0 saturated carbocycles. The van der Waals surface area contributed by atoms with Gasteiger partial charge in [0.05, 0.1) is 10.0 Å². The van der Waals surface area contributed by atoms with E-state index in [4.69, 9.17) is 34.8 Å². The number of H-pyrrole nitrogens is 1. The highest BCUT2D eigenvalue weighted by Crippen LogP contribution is 2.31. The van der Waals surface area contributed by atoms with Crippen molar-refractivity contribution < 1.29 is 0 Å². The molecule has 0 unspecified atom stereocenters. The first-order valence-corrected chi connectivity index (χ1v) is 9.16. The fourth-order valence-corrected chi connectivity index (χ4v) is 3.77. The average Bonchev–Trinajstić information content (AvgIpc) is 3.03. The van der Waals surface area contributed by atoms with Crippen LogP contribution in [0.25, 0.3) is 28.2 Å². The van der Waals surface area contributed by atoms with Crippen molar-refractivity contribution in [1.82, 2.24) is 14.8 Å². The summed E-state index contributed by atoms with van der Waals surface area (Å²) in [5.74, 6) is 0.418. The first kappa shape index (κ1) is 17.9. The number of benzene rings is 3. The Morgan fingerprint density at radius 2 is 1.33 bits per heavy atom. The largest absolute Gasteiger partial charge is 0.348 e. The van der Waals surface area contributed by atoms with Gasteiger partial charge in [0.2, 0.25) is 0 Å². The lowest BCUT2D eigenvalue weighted by Gasteiger charge is -2.06. The molecule has 27 heavy (non-hydrogen) atoms. The van der Waals surface area contributed by atoms with E-state index in [9.17, 15) is 4.79 Å². The molecule has 4 rings (SSSR count). The molecule has 3 aromatic carbocycles. The second kappa shape index (κ2) is 7.24. The van der Waals surface area contributed by atoms with Crippen LogP contribution < -0.4 is 5.69 Å². The van der Waals surface area contributed by atoms with Gasteiger partial charge in [-0.3, -0.25) is 4.98 Å². The van der Waals surface area contributed by atoms with E-state index in [2.05, 4.69) is 10.1 Å². The molecule has 0 bridgehead atoms. The molecule has 7 heteroatoms. The van der Waals surface area contributed by atoms with E-state index in [0.717, 1.165) is 21.4 Å². The summed E-state index contributed by atoms with van der Waals surface area (Å²) in [5, 5.41) is 5.21. The third-order valence-corrected chi connectivity index (χ3v) is 4.87.